The van der Waals surface area contributed by atoms with E-state index < -0.39 is 4.92 Å². The highest BCUT2D eigenvalue weighted by Crippen LogP contribution is 2.22. The van der Waals surface area contributed by atoms with Crippen molar-refractivity contribution in [1.82, 2.24) is 10.2 Å². The average Bonchev–Trinajstić information content (AvgIpc) is 3.01. The molecular weight excluding hydrogens is 332 g/mol. The first-order valence-corrected chi connectivity index (χ1v) is 8.25. The van der Waals surface area contributed by atoms with E-state index in [0.717, 1.165) is 0 Å². The molecule has 0 aliphatic heterocycles. The number of hydrogen-bond acceptors (Lipinski definition) is 5. The van der Waals surface area contributed by atoms with Crippen molar-refractivity contribution in [2.75, 3.05) is 26.0 Å². The Morgan fingerprint density at radius 2 is 2.04 bits per heavy atom. The molecule has 0 bridgehead atoms. The molecule has 0 aliphatic carbocycles. The minimum Gasteiger partial charge on any atom is -0.360 e. The molecule has 0 saturated heterocycles. The fraction of sp³-hybridized carbons (Fsp3) is 0.267. The summed E-state index contributed by atoms with van der Waals surface area (Å²) in [7, 11) is 4.05. The first-order valence-electron chi connectivity index (χ1n) is 6.96. The largest absolute Gasteiger partial charge is 0.360 e. The molecule has 2 N–H and O–H groups in total. The van der Waals surface area contributed by atoms with Gasteiger partial charge in [0.15, 0.2) is 5.11 Å². The van der Waals surface area contributed by atoms with Crippen molar-refractivity contribution < 1.29 is 4.92 Å². The van der Waals surface area contributed by atoms with Gasteiger partial charge in [0.05, 0.1) is 11.0 Å². The number of anilines is 1. The molecule has 6 nitrogen and oxygen atoms in total. The number of rotatable bonds is 6. The highest BCUT2D eigenvalue weighted by molar-refractivity contribution is 7.80. The zero-order chi connectivity index (χ0) is 16.8. The molecular formula is C15H18N4O2S2. The van der Waals surface area contributed by atoms with Crippen LogP contribution in [-0.4, -0.2) is 35.6 Å². The van der Waals surface area contributed by atoms with E-state index in [-0.39, 0.29) is 11.7 Å². The Labute approximate surface area is 144 Å². The summed E-state index contributed by atoms with van der Waals surface area (Å²) in [5.74, 6) is 0. The number of nitro benzene ring substituents is 1. The van der Waals surface area contributed by atoms with Crippen LogP contribution in [0.4, 0.5) is 11.4 Å². The Kier molecular flexibility index (Phi) is 6.03. The second-order valence-corrected chi connectivity index (χ2v) is 6.52. The van der Waals surface area contributed by atoms with Crippen LogP contribution >= 0.6 is 23.6 Å². The van der Waals surface area contributed by atoms with Gasteiger partial charge < -0.3 is 15.5 Å². The first-order chi connectivity index (χ1) is 11.0. The Bertz CT molecular complexity index is 657. The van der Waals surface area contributed by atoms with Crippen molar-refractivity contribution in [3.05, 3.63) is 56.8 Å². The van der Waals surface area contributed by atoms with Gasteiger partial charge in [-0.15, -0.1) is 11.3 Å². The molecule has 0 saturated carbocycles. The Hall–Kier alpha value is -2.03. The van der Waals surface area contributed by atoms with Crippen LogP contribution in [0.15, 0.2) is 41.8 Å². The maximum Gasteiger partial charge on any atom is 0.269 e. The second kappa shape index (κ2) is 8.00. The maximum atomic E-state index is 10.6. The lowest BCUT2D eigenvalue weighted by atomic mass is 10.2. The SMILES string of the molecule is CN(C)[C@H](CNC(=S)Nc1ccc([N+](=O)[O-])cc1)c1cccs1. The van der Waals surface area contributed by atoms with Crippen LogP contribution in [0.3, 0.4) is 0 Å². The van der Waals surface area contributed by atoms with E-state index in [2.05, 4.69) is 27.0 Å². The molecule has 0 fully saturated rings. The number of benzene rings is 1. The molecule has 2 aromatic rings. The van der Waals surface area contributed by atoms with Crippen molar-refractivity contribution >= 4 is 40.0 Å². The van der Waals surface area contributed by atoms with Crippen molar-refractivity contribution in [1.29, 1.82) is 0 Å². The molecule has 0 aliphatic rings. The van der Waals surface area contributed by atoms with E-state index in [9.17, 15) is 10.1 Å². The summed E-state index contributed by atoms with van der Waals surface area (Å²) >= 11 is 6.99. The molecule has 23 heavy (non-hydrogen) atoms. The predicted octanol–water partition coefficient (Wildman–Crippen LogP) is 3.25. The normalized spacial score (nSPS) is 12.0. The van der Waals surface area contributed by atoms with E-state index in [0.29, 0.717) is 17.3 Å². The highest BCUT2D eigenvalue weighted by atomic mass is 32.1. The lowest BCUT2D eigenvalue weighted by molar-refractivity contribution is -0.384. The van der Waals surface area contributed by atoms with Gasteiger partial charge in [0.2, 0.25) is 0 Å². The molecule has 1 atom stereocenters. The summed E-state index contributed by atoms with van der Waals surface area (Å²) < 4.78 is 0. The van der Waals surface area contributed by atoms with Gasteiger partial charge in [0.1, 0.15) is 0 Å². The monoisotopic (exact) mass is 350 g/mol. The van der Waals surface area contributed by atoms with E-state index in [1.807, 2.05) is 20.2 Å². The summed E-state index contributed by atoms with van der Waals surface area (Å²) in [5.41, 5.74) is 0.769. The number of nitrogens with one attached hydrogen (secondary N) is 2. The maximum absolute atomic E-state index is 10.6. The summed E-state index contributed by atoms with van der Waals surface area (Å²) in [4.78, 5) is 13.6. The van der Waals surface area contributed by atoms with Crippen LogP contribution in [0.25, 0.3) is 0 Å². The Morgan fingerprint density at radius 1 is 1.35 bits per heavy atom. The smallest absolute Gasteiger partial charge is 0.269 e. The lowest BCUT2D eigenvalue weighted by Gasteiger charge is -2.24. The standard InChI is InChI=1S/C15H18N4O2S2/c1-18(2)13(14-4-3-9-23-14)10-16-15(22)17-11-5-7-12(8-6-11)19(20)21/h3-9,13H,10H2,1-2H3,(H2,16,17,22)/t13-/m1/s1. The van der Waals surface area contributed by atoms with E-state index in [4.69, 9.17) is 12.2 Å². The molecule has 0 spiro atoms. The first kappa shape index (κ1) is 17.3. The quantitative estimate of drug-likeness (QED) is 0.473. The molecule has 1 heterocycles. The van der Waals surface area contributed by atoms with Crippen LogP contribution in [0, 0.1) is 10.1 Å². The van der Waals surface area contributed by atoms with Gasteiger partial charge >= 0.3 is 0 Å². The number of non-ortho nitro benzene ring substituents is 1. The molecule has 1 aromatic heterocycles. The van der Waals surface area contributed by atoms with Crippen LogP contribution in [0.2, 0.25) is 0 Å². The summed E-state index contributed by atoms with van der Waals surface area (Å²) in [6.45, 7) is 0.673. The van der Waals surface area contributed by atoms with Gasteiger partial charge in [0.25, 0.3) is 5.69 Å². The number of thiophene rings is 1. The van der Waals surface area contributed by atoms with Crippen LogP contribution < -0.4 is 10.6 Å². The third kappa shape index (κ3) is 4.98. The second-order valence-electron chi connectivity index (χ2n) is 5.13. The number of nitro groups is 1. The van der Waals surface area contributed by atoms with Crippen molar-refractivity contribution in [2.45, 2.75) is 6.04 Å². The minimum atomic E-state index is -0.428. The fourth-order valence-electron chi connectivity index (χ4n) is 2.05. The topological polar surface area (TPSA) is 70.4 Å². The number of likely N-dealkylation sites (N-methyl/N-ethyl adjacent to an activating group) is 1. The summed E-state index contributed by atoms with van der Waals surface area (Å²) in [6.07, 6.45) is 0. The van der Waals surface area contributed by atoms with Gasteiger partial charge in [-0.3, -0.25) is 10.1 Å². The Morgan fingerprint density at radius 3 is 2.57 bits per heavy atom. The average molecular weight is 350 g/mol. The third-order valence-electron chi connectivity index (χ3n) is 3.29. The number of nitrogens with zero attached hydrogens (tertiary/aromatic N) is 2. The van der Waals surface area contributed by atoms with Gasteiger partial charge in [-0.2, -0.15) is 0 Å². The van der Waals surface area contributed by atoms with Gasteiger partial charge in [0, 0.05) is 29.2 Å². The molecule has 8 heteroatoms. The van der Waals surface area contributed by atoms with Crippen molar-refractivity contribution in [3.8, 4) is 0 Å². The van der Waals surface area contributed by atoms with Crippen LogP contribution in [-0.2, 0) is 0 Å². The molecule has 1 aromatic carbocycles. The van der Waals surface area contributed by atoms with E-state index in [1.54, 1.807) is 23.5 Å². The number of thiocarbonyl (C=S) groups is 1. The van der Waals surface area contributed by atoms with Gasteiger partial charge in [-0.1, -0.05) is 6.07 Å². The summed E-state index contributed by atoms with van der Waals surface area (Å²) in [5, 5.41) is 19.4. The molecule has 2 rings (SSSR count). The lowest BCUT2D eigenvalue weighted by Crippen LogP contribution is -2.36. The molecule has 0 radical (unpaired) electrons. The van der Waals surface area contributed by atoms with Crippen molar-refractivity contribution in [3.63, 3.8) is 0 Å². The zero-order valence-corrected chi connectivity index (χ0v) is 14.5. The minimum absolute atomic E-state index is 0.0554. The van der Waals surface area contributed by atoms with Crippen LogP contribution in [0.1, 0.15) is 10.9 Å². The third-order valence-corrected chi connectivity index (χ3v) is 4.51. The van der Waals surface area contributed by atoms with E-state index >= 15 is 0 Å². The number of hydrogen-bond donors (Lipinski definition) is 2. The predicted molar refractivity (Wildman–Crippen MR) is 98.1 cm³/mol. The highest BCUT2D eigenvalue weighted by Gasteiger charge is 2.15. The van der Waals surface area contributed by atoms with Crippen molar-refractivity contribution in [2.24, 2.45) is 0 Å². The van der Waals surface area contributed by atoms with E-state index in [1.165, 1.54) is 17.0 Å². The molecule has 122 valence electrons. The fourth-order valence-corrected chi connectivity index (χ4v) is 3.17. The molecule has 0 amide bonds. The summed E-state index contributed by atoms with van der Waals surface area (Å²) in [6, 6.07) is 10.5. The Balaban J connectivity index is 1.90. The van der Waals surface area contributed by atoms with Gasteiger partial charge in [-0.05, 0) is 49.9 Å². The zero-order valence-electron chi connectivity index (χ0n) is 12.9. The van der Waals surface area contributed by atoms with Crippen LogP contribution in [0.5, 0.6) is 0 Å². The molecule has 0 unspecified atom stereocenters. The van der Waals surface area contributed by atoms with Gasteiger partial charge in [-0.25, -0.2) is 0 Å².